The van der Waals surface area contributed by atoms with Gasteiger partial charge in [-0.25, -0.2) is 0 Å². The molecule has 1 spiro atoms. The zero-order chi connectivity index (χ0) is 32.9. The maximum absolute atomic E-state index is 14.9. The number of methoxy groups -OCH3 is 1. The van der Waals surface area contributed by atoms with Gasteiger partial charge < -0.3 is 19.5 Å². The van der Waals surface area contributed by atoms with Crippen molar-refractivity contribution in [3.63, 3.8) is 0 Å². The van der Waals surface area contributed by atoms with Crippen molar-refractivity contribution in [2.75, 3.05) is 18.6 Å². The number of aliphatic hydroxyl groups is 1. The van der Waals surface area contributed by atoms with Crippen molar-refractivity contribution in [3.05, 3.63) is 120 Å². The summed E-state index contributed by atoms with van der Waals surface area (Å²) in [5, 5.41) is 11.6. The average Bonchev–Trinajstić information content (AvgIpc) is 3.54. The summed E-state index contributed by atoms with van der Waals surface area (Å²) < 4.78 is 12.7. The highest BCUT2D eigenvalue weighted by Gasteiger charge is 2.66. The molecule has 0 unspecified atom stereocenters. The molecule has 1 saturated heterocycles. The van der Waals surface area contributed by atoms with Crippen molar-refractivity contribution < 1.29 is 24.2 Å². The van der Waals surface area contributed by atoms with E-state index in [4.69, 9.17) is 9.47 Å². The highest BCUT2D eigenvalue weighted by Crippen LogP contribution is 2.61. The molecular weight excluding hydrogens is 605 g/mol. The fourth-order valence-electron chi connectivity index (χ4n) is 8.56. The van der Waals surface area contributed by atoms with Crippen molar-refractivity contribution in [3.8, 4) is 5.75 Å². The number of para-hydroxylation sites is 2. The Kier molecular flexibility index (Phi) is 8.06. The zero-order valence-electron chi connectivity index (χ0n) is 27.4. The van der Waals surface area contributed by atoms with Crippen molar-refractivity contribution in [1.82, 2.24) is 4.90 Å². The third-order valence-corrected chi connectivity index (χ3v) is 15.3. The first-order chi connectivity index (χ1) is 22.7. The average molecular weight is 647 g/mol. The highest BCUT2D eigenvalue weighted by molar-refractivity contribution is 6.91. The second kappa shape index (κ2) is 12.1. The topological polar surface area (TPSA) is 79.3 Å². The molecular formula is C39H42N2O5Si. The lowest BCUT2D eigenvalue weighted by molar-refractivity contribution is -0.150. The SMILES string of the molecule is COc1ccc([Si](C)(C)[C@@H]2[C@@H](CC(=O)N3Cc4ccccc4C[C@H]3CO)O[C@]3(C(=O)N(c4ccccc4)c4ccccc43)[C@H]2C)cc1. The standard InChI is InChI=1S/C39H42N2O5Si/c1-26-37(47(3,4)32-20-18-31(45-2)19-21-32)35(23-36(43)40-24-28-13-9-8-12-27(28)22-30(40)25-42)46-39(26)33-16-10-11-17-34(33)41(38(39)44)29-14-6-5-7-15-29/h5-21,26,30,35,37,42H,22-25H2,1-4H3/t26-,30-,35+,37-,39+/m0/s1. The Morgan fingerprint density at radius 3 is 2.30 bits per heavy atom. The second-order valence-corrected chi connectivity index (χ2v) is 18.4. The molecule has 2 amide bonds. The second-order valence-electron chi connectivity index (χ2n) is 13.7. The summed E-state index contributed by atoms with van der Waals surface area (Å²) in [7, 11) is -0.762. The van der Waals surface area contributed by atoms with Gasteiger partial charge in [-0.15, -0.1) is 0 Å². The quantitative estimate of drug-likeness (QED) is 0.252. The lowest BCUT2D eigenvalue weighted by atomic mass is 9.82. The third kappa shape index (κ3) is 5.01. The van der Waals surface area contributed by atoms with E-state index in [0.717, 1.165) is 28.3 Å². The van der Waals surface area contributed by atoms with E-state index in [2.05, 4.69) is 44.3 Å². The molecule has 0 radical (unpaired) electrons. The van der Waals surface area contributed by atoms with Crippen LogP contribution < -0.4 is 14.8 Å². The lowest BCUT2D eigenvalue weighted by Gasteiger charge is -2.39. The number of aliphatic hydroxyl groups excluding tert-OH is 1. The van der Waals surface area contributed by atoms with E-state index >= 15 is 0 Å². The Hall–Kier alpha value is -4.24. The summed E-state index contributed by atoms with van der Waals surface area (Å²) in [4.78, 5) is 32.9. The molecule has 0 saturated carbocycles. The number of hydrogen-bond acceptors (Lipinski definition) is 5. The van der Waals surface area contributed by atoms with Crippen LogP contribution in [0.2, 0.25) is 18.6 Å². The van der Waals surface area contributed by atoms with Crippen molar-refractivity contribution in [2.24, 2.45) is 5.92 Å². The van der Waals surface area contributed by atoms with Gasteiger partial charge in [0.25, 0.3) is 5.91 Å². The number of anilines is 2. The third-order valence-electron chi connectivity index (χ3n) is 10.9. The number of amides is 2. The van der Waals surface area contributed by atoms with Gasteiger partial charge in [0, 0.05) is 23.7 Å². The Morgan fingerprint density at radius 1 is 0.936 bits per heavy atom. The Balaban J connectivity index is 1.31. The molecule has 242 valence electrons. The molecule has 8 heteroatoms. The van der Waals surface area contributed by atoms with Crippen LogP contribution in [-0.4, -0.2) is 55.8 Å². The molecule has 7 rings (SSSR count). The van der Waals surface area contributed by atoms with E-state index in [-0.39, 0.29) is 42.3 Å². The molecule has 1 fully saturated rings. The first-order valence-electron chi connectivity index (χ1n) is 16.5. The minimum atomic E-state index is -2.42. The smallest absolute Gasteiger partial charge is 0.268 e. The normalized spacial score (nSPS) is 25.2. The van der Waals surface area contributed by atoms with Crippen LogP contribution in [0.25, 0.3) is 0 Å². The fourth-order valence-corrected chi connectivity index (χ4v) is 12.6. The Labute approximate surface area is 277 Å². The van der Waals surface area contributed by atoms with Crippen LogP contribution in [0.3, 0.4) is 0 Å². The molecule has 4 aromatic carbocycles. The largest absolute Gasteiger partial charge is 0.497 e. The number of benzene rings is 4. The molecule has 3 heterocycles. The Bertz CT molecular complexity index is 1790. The fraction of sp³-hybridized carbons (Fsp3) is 0.333. The number of rotatable bonds is 7. The molecule has 7 nitrogen and oxygen atoms in total. The number of ether oxygens (including phenoxy) is 2. The summed E-state index contributed by atoms with van der Waals surface area (Å²) in [6, 6.07) is 33.7. The predicted molar refractivity (Wildman–Crippen MR) is 186 cm³/mol. The van der Waals surface area contributed by atoms with Gasteiger partial charge in [0.05, 0.1) is 46.0 Å². The molecule has 3 aliphatic heterocycles. The minimum Gasteiger partial charge on any atom is -0.497 e. The number of fused-ring (bicyclic) bond motifs is 3. The molecule has 5 atom stereocenters. The summed E-state index contributed by atoms with van der Waals surface area (Å²) in [5.41, 5.74) is 3.41. The monoisotopic (exact) mass is 646 g/mol. The van der Waals surface area contributed by atoms with Gasteiger partial charge in [0.2, 0.25) is 5.91 Å². The van der Waals surface area contributed by atoms with Gasteiger partial charge in [0.15, 0.2) is 5.60 Å². The minimum absolute atomic E-state index is 0.0593. The maximum atomic E-state index is 14.9. The van der Waals surface area contributed by atoms with E-state index in [9.17, 15) is 14.7 Å². The molecule has 0 bridgehead atoms. The van der Waals surface area contributed by atoms with Crippen molar-refractivity contribution in [2.45, 2.75) is 62.7 Å². The predicted octanol–water partition coefficient (Wildman–Crippen LogP) is 5.93. The van der Waals surface area contributed by atoms with Crippen LogP contribution in [0.15, 0.2) is 103 Å². The van der Waals surface area contributed by atoms with Gasteiger partial charge in [-0.2, -0.15) is 0 Å². The highest BCUT2D eigenvalue weighted by atomic mass is 28.3. The van der Waals surface area contributed by atoms with Crippen LogP contribution in [0.4, 0.5) is 11.4 Å². The zero-order valence-corrected chi connectivity index (χ0v) is 28.4. The molecule has 3 aliphatic rings. The van der Waals surface area contributed by atoms with Crippen LogP contribution in [0, 0.1) is 5.92 Å². The van der Waals surface area contributed by atoms with Gasteiger partial charge in [0.1, 0.15) is 5.75 Å². The number of hydrogen-bond donors (Lipinski definition) is 1. The maximum Gasteiger partial charge on any atom is 0.268 e. The van der Waals surface area contributed by atoms with Gasteiger partial charge in [-0.05, 0) is 53.4 Å². The number of carbonyl (C=O) groups excluding carboxylic acids is 2. The number of nitrogens with zero attached hydrogens (tertiary/aromatic N) is 2. The molecule has 0 aliphatic carbocycles. The van der Waals surface area contributed by atoms with Crippen LogP contribution in [0.1, 0.15) is 30.0 Å². The van der Waals surface area contributed by atoms with E-state index in [1.54, 1.807) is 12.0 Å². The molecule has 47 heavy (non-hydrogen) atoms. The van der Waals surface area contributed by atoms with Crippen LogP contribution in [-0.2, 0) is 32.9 Å². The van der Waals surface area contributed by atoms with Crippen LogP contribution >= 0.6 is 0 Å². The first-order valence-corrected chi connectivity index (χ1v) is 19.6. The van der Waals surface area contributed by atoms with Gasteiger partial charge >= 0.3 is 0 Å². The van der Waals surface area contributed by atoms with Gasteiger partial charge in [-0.1, -0.05) is 98.0 Å². The summed E-state index contributed by atoms with van der Waals surface area (Å²) >= 11 is 0. The van der Waals surface area contributed by atoms with E-state index in [1.165, 1.54) is 10.8 Å². The van der Waals surface area contributed by atoms with E-state index < -0.39 is 19.8 Å². The lowest BCUT2D eigenvalue weighted by Crippen LogP contribution is -2.52. The molecule has 1 N–H and O–H groups in total. The molecule has 4 aromatic rings. The van der Waals surface area contributed by atoms with E-state index in [0.29, 0.717) is 13.0 Å². The van der Waals surface area contributed by atoms with E-state index in [1.807, 2.05) is 83.8 Å². The first kappa shape index (κ1) is 31.4. The number of carbonyl (C=O) groups is 2. The van der Waals surface area contributed by atoms with Crippen molar-refractivity contribution in [1.29, 1.82) is 0 Å². The van der Waals surface area contributed by atoms with Crippen molar-refractivity contribution >= 4 is 36.4 Å². The van der Waals surface area contributed by atoms with Gasteiger partial charge in [-0.3, -0.25) is 14.5 Å². The van der Waals surface area contributed by atoms with Crippen LogP contribution in [0.5, 0.6) is 5.75 Å². The summed E-state index contributed by atoms with van der Waals surface area (Å²) in [6.45, 7) is 7.12. The summed E-state index contributed by atoms with van der Waals surface area (Å²) in [5.74, 6) is 0.395. The Morgan fingerprint density at radius 2 is 1.60 bits per heavy atom. The summed E-state index contributed by atoms with van der Waals surface area (Å²) in [6.07, 6.45) is 0.228. The molecule has 0 aromatic heterocycles.